The van der Waals surface area contributed by atoms with E-state index in [0.717, 1.165) is 62.8 Å². The fourth-order valence-electron chi connectivity index (χ4n) is 4.77. The lowest BCUT2D eigenvalue weighted by Gasteiger charge is -2.39. The quantitative estimate of drug-likeness (QED) is 0.628. The highest BCUT2D eigenvalue weighted by atomic mass is 35.5. The maximum Gasteiger partial charge on any atom is 0.238 e. The molecule has 35 heavy (non-hydrogen) atoms. The Bertz CT molecular complexity index is 1030. The Morgan fingerprint density at radius 1 is 0.943 bits per heavy atom. The number of ether oxygens (including phenoxy) is 2. The predicted molar refractivity (Wildman–Crippen MR) is 138 cm³/mol. The van der Waals surface area contributed by atoms with Crippen LogP contribution in [-0.4, -0.2) is 81.6 Å². The molecule has 2 aromatic carbocycles. The summed E-state index contributed by atoms with van der Waals surface area (Å²) in [5.41, 5.74) is 1.76. The van der Waals surface area contributed by atoms with Gasteiger partial charge in [-0.3, -0.25) is 14.5 Å². The average molecular weight is 501 g/mol. The molecule has 2 fully saturated rings. The van der Waals surface area contributed by atoms with E-state index >= 15 is 0 Å². The standard InChI is InChI=1S/C26H33ClN4O4/c1-34-23-7-6-21(17-24(23)35-2)28-25(32)18-29-10-8-19(9-11-29)26(33)31-14-12-30(13-15-31)22-5-3-4-20(27)16-22/h3-7,16-17,19H,8-15,18H2,1-2H3,(H,28,32). The molecule has 0 unspecified atom stereocenters. The van der Waals surface area contributed by atoms with Crippen molar-refractivity contribution >= 4 is 34.8 Å². The number of methoxy groups -OCH3 is 2. The zero-order valence-corrected chi connectivity index (χ0v) is 21.1. The predicted octanol–water partition coefficient (Wildman–Crippen LogP) is 3.36. The zero-order valence-electron chi connectivity index (χ0n) is 20.3. The lowest BCUT2D eigenvalue weighted by atomic mass is 9.95. The second kappa shape index (κ2) is 11.6. The largest absolute Gasteiger partial charge is 0.493 e. The molecule has 1 N–H and O–H groups in total. The van der Waals surface area contributed by atoms with E-state index in [1.807, 2.05) is 23.1 Å². The average Bonchev–Trinajstić information content (AvgIpc) is 2.88. The number of nitrogens with zero attached hydrogens (tertiary/aromatic N) is 3. The molecule has 0 radical (unpaired) electrons. The molecule has 0 atom stereocenters. The Labute approximate surface area is 211 Å². The summed E-state index contributed by atoms with van der Waals surface area (Å²) >= 11 is 6.12. The van der Waals surface area contributed by atoms with Crippen molar-refractivity contribution in [1.82, 2.24) is 9.80 Å². The highest BCUT2D eigenvalue weighted by Gasteiger charge is 2.31. The van der Waals surface area contributed by atoms with Gasteiger partial charge in [0.15, 0.2) is 11.5 Å². The van der Waals surface area contributed by atoms with Crippen LogP contribution in [0.15, 0.2) is 42.5 Å². The molecular formula is C26H33ClN4O4. The van der Waals surface area contributed by atoms with E-state index < -0.39 is 0 Å². The van der Waals surface area contributed by atoms with Gasteiger partial charge in [0.1, 0.15) is 0 Å². The fourth-order valence-corrected chi connectivity index (χ4v) is 4.96. The zero-order chi connectivity index (χ0) is 24.8. The maximum atomic E-state index is 13.1. The number of amides is 2. The van der Waals surface area contributed by atoms with E-state index in [4.69, 9.17) is 21.1 Å². The van der Waals surface area contributed by atoms with Crippen molar-refractivity contribution in [1.29, 1.82) is 0 Å². The molecule has 0 spiro atoms. The van der Waals surface area contributed by atoms with E-state index in [1.165, 1.54) is 0 Å². The molecule has 2 aliphatic rings. The normalized spacial score (nSPS) is 17.2. The number of benzene rings is 2. The van der Waals surface area contributed by atoms with Crippen molar-refractivity contribution in [2.75, 3.05) is 70.2 Å². The van der Waals surface area contributed by atoms with E-state index in [1.54, 1.807) is 32.4 Å². The number of carbonyl (C=O) groups excluding carboxylic acids is 2. The Hall–Kier alpha value is -2.97. The number of piperidine rings is 1. The Balaban J connectivity index is 1.21. The minimum Gasteiger partial charge on any atom is -0.493 e. The molecule has 2 heterocycles. The summed E-state index contributed by atoms with van der Waals surface area (Å²) in [6.07, 6.45) is 1.55. The number of piperazine rings is 1. The van der Waals surface area contributed by atoms with Crippen LogP contribution in [0.4, 0.5) is 11.4 Å². The van der Waals surface area contributed by atoms with E-state index in [9.17, 15) is 9.59 Å². The molecule has 188 valence electrons. The molecule has 0 saturated carbocycles. The van der Waals surface area contributed by atoms with Gasteiger partial charge in [-0.25, -0.2) is 0 Å². The van der Waals surface area contributed by atoms with Crippen LogP contribution in [0.3, 0.4) is 0 Å². The van der Waals surface area contributed by atoms with Gasteiger partial charge >= 0.3 is 0 Å². The van der Waals surface area contributed by atoms with Gasteiger partial charge in [0, 0.05) is 54.6 Å². The smallest absolute Gasteiger partial charge is 0.238 e. The fraction of sp³-hybridized carbons (Fsp3) is 0.462. The molecule has 2 amide bonds. The van der Waals surface area contributed by atoms with Crippen molar-refractivity contribution in [2.24, 2.45) is 5.92 Å². The second-order valence-electron chi connectivity index (χ2n) is 8.96. The number of hydrogen-bond acceptors (Lipinski definition) is 6. The van der Waals surface area contributed by atoms with Crippen molar-refractivity contribution in [2.45, 2.75) is 12.8 Å². The third-order valence-corrected chi connectivity index (χ3v) is 6.97. The summed E-state index contributed by atoms with van der Waals surface area (Å²) in [5, 5.41) is 3.64. The highest BCUT2D eigenvalue weighted by molar-refractivity contribution is 6.30. The van der Waals surface area contributed by atoms with Gasteiger partial charge in [-0.1, -0.05) is 17.7 Å². The van der Waals surface area contributed by atoms with Gasteiger partial charge in [0.25, 0.3) is 0 Å². The molecule has 0 aliphatic carbocycles. The minimum atomic E-state index is -0.0841. The lowest BCUT2D eigenvalue weighted by molar-refractivity contribution is -0.137. The van der Waals surface area contributed by atoms with E-state index in [-0.39, 0.29) is 17.7 Å². The van der Waals surface area contributed by atoms with Gasteiger partial charge < -0.3 is 24.6 Å². The lowest BCUT2D eigenvalue weighted by Crippen LogP contribution is -2.52. The summed E-state index contributed by atoms with van der Waals surface area (Å²) in [4.78, 5) is 32.0. The van der Waals surface area contributed by atoms with Crippen molar-refractivity contribution in [3.05, 3.63) is 47.5 Å². The molecule has 4 rings (SSSR count). The molecule has 2 aromatic rings. The summed E-state index contributed by atoms with van der Waals surface area (Å²) in [6, 6.07) is 13.1. The molecule has 9 heteroatoms. The van der Waals surface area contributed by atoms with Crippen LogP contribution in [0, 0.1) is 5.92 Å². The molecule has 8 nitrogen and oxygen atoms in total. The van der Waals surface area contributed by atoms with Crippen LogP contribution in [0.25, 0.3) is 0 Å². The van der Waals surface area contributed by atoms with E-state index in [2.05, 4.69) is 21.2 Å². The van der Waals surface area contributed by atoms with Crippen LogP contribution < -0.4 is 19.7 Å². The van der Waals surface area contributed by atoms with Crippen LogP contribution in [0.1, 0.15) is 12.8 Å². The van der Waals surface area contributed by atoms with Crippen molar-refractivity contribution in [3.8, 4) is 11.5 Å². The highest BCUT2D eigenvalue weighted by Crippen LogP contribution is 2.30. The maximum absolute atomic E-state index is 13.1. The Kier molecular flexibility index (Phi) is 8.36. The molecule has 0 bridgehead atoms. The van der Waals surface area contributed by atoms with Crippen LogP contribution in [0.2, 0.25) is 5.02 Å². The first-order valence-electron chi connectivity index (χ1n) is 12.0. The van der Waals surface area contributed by atoms with Crippen LogP contribution >= 0.6 is 11.6 Å². The van der Waals surface area contributed by atoms with Gasteiger partial charge in [-0.05, 0) is 56.3 Å². The summed E-state index contributed by atoms with van der Waals surface area (Å²) in [5.74, 6) is 1.36. The number of hydrogen-bond donors (Lipinski definition) is 1. The van der Waals surface area contributed by atoms with Crippen molar-refractivity contribution in [3.63, 3.8) is 0 Å². The molecule has 0 aromatic heterocycles. The molecular weight excluding hydrogens is 468 g/mol. The van der Waals surface area contributed by atoms with E-state index in [0.29, 0.717) is 23.7 Å². The summed E-state index contributed by atoms with van der Waals surface area (Å²) in [6.45, 7) is 4.82. The summed E-state index contributed by atoms with van der Waals surface area (Å²) < 4.78 is 10.5. The topological polar surface area (TPSA) is 74.4 Å². The minimum absolute atomic E-state index is 0.0258. The second-order valence-corrected chi connectivity index (χ2v) is 9.40. The number of carbonyl (C=O) groups is 2. The number of likely N-dealkylation sites (tertiary alicyclic amines) is 1. The third-order valence-electron chi connectivity index (χ3n) is 6.74. The first-order chi connectivity index (χ1) is 17.0. The van der Waals surface area contributed by atoms with Crippen LogP contribution in [0.5, 0.6) is 11.5 Å². The van der Waals surface area contributed by atoms with Crippen LogP contribution in [-0.2, 0) is 9.59 Å². The molecule has 2 saturated heterocycles. The number of rotatable bonds is 7. The Morgan fingerprint density at radius 3 is 2.31 bits per heavy atom. The third kappa shape index (κ3) is 6.38. The first kappa shape index (κ1) is 25.1. The van der Waals surface area contributed by atoms with Crippen molar-refractivity contribution < 1.29 is 19.1 Å². The monoisotopic (exact) mass is 500 g/mol. The van der Waals surface area contributed by atoms with Gasteiger partial charge in [0.2, 0.25) is 11.8 Å². The van der Waals surface area contributed by atoms with Gasteiger partial charge in [0.05, 0.1) is 20.8 Å². The number of halogens is 1. The van der Waals surface area contributed by atoms with Gasteiger partial charge in [-0.2, -0.15) is 0 Å². The Morgan fingerprint density at radius 2 is 1.66 bits per heavy atom. The first-order valence-corrected chi connectivity index (χ1v) is 12.4. The SMILES string of the molecule is COc1ccc(NC(=O)CN2CCC(C(=O)N3CCN(c4cccc(Cl)c4)CC3)CC2)cc1OC. The summed E-state index contributed by atoms with van der Waals surface area (Å²) in [7, 11) is 3.14. The van der Waals surface area contributed by atoms with Gasteiger partial charge in [-0.15, -0.1) is 0 Å². The molecule has 2 aliphatic heterocycles. The number of nitrogens with one attached hydrogen (secondary N) is 1. The number of anilines is 2.